The molecule has 23 heavy (non-hydrogen) atoms. The van der Waals surface area contributed by atoms with Crippen LogP contribution in [0, 0.1) is 6.92 Å². The number of hydrogen-bond acceptors (Lipinski definition) is 3. The molecule has 0 heterocycles. The second kappa shape index (κ2) is 8.77. The van der Waals surface area contributed by atoms with Crippen molar-refractivity contribution >= 4 is 23.4 Å². The molecule has 1 fully saturated rings. The van der Waals surface area contributed by atoms with Crippen LogP contribution >= 0.6 is 11.6 Å². The maximum absolute atomic E-state index is 11.8. The van der Waals surface area contributed by atoms with E-state index in [4.69, 9.17) is 16.3 Å². The first-order valence-corrected chi connectivity index (χ1v) is 8.38. The highest BCUT2D eigenvalue weighted by molar-refractivity contribution is 6.31. The Bertz CT molecular complexity index is 557. The van der Waals surface area contributed by atoms with Gasteiger partial charge in [-0.15, -0.1) is 0 Å². The van der Waals surface area contributed by atoms with Gasteiger partial charge in [-0.1, -0.05) is 36.9 Å². The SMILES string of the molecule is Cc1c(Cl)cccc1OCC(=O)NCC(=O)NC1CCCCC1. The largest absolute Gasteiger partial charge is 0.483 e. The van der Waals surface area contributed by atoms with E-state index in [1.807, 2.05) is 6.92 Å². The van der Waals surface area contributed by atoms with Gasteiger partial charge in [0.2, 0.25) is 5.91 Å². The highest BCUT2D eigenvalue weighted by Gasteiger charge is 2.16. The summed E-state index contributed by atoms with van der Waals surface area (Å²) in [7, 11) is 0. The third-order valence-electron chi connectivity index (χ3n) is 3.99. The number of halogens is 1. The molecule has 1 saturated carbocycles. The molecule has 0 radical (unpaired) electrons. The van der Waals surface area contributed by atoms with Crippen molar-refractivity contribution in [3.8, 4) is 5.75 Å². The molecule has 2 N–H and O–H groups in total. The van der Waals surface area contributed by atoms with Crippen molar-refractivity contribution in [2.45, 2.75) is 45.1 Å². The molecule has 0 spiro atoms. The summed E-state index contributed by atoms with van der Waals surface area (Å²) in [5.41, 5.74) is 0.789. The average molecular weight is 339 g/mol. The van der Waals surface area contributed by atoms with Gasteiger partial charge in [0.1, 0.15) is 5.75 Å². The van der Waals surface area contributed by atoms with Crippen LogP contribution in [-0.4, -0.2) is 31.0 Å². The number of carbonyl (C=O) groups excluding carboxylic acids is 2. The molecule has 2 rings (SSSR count). The number of nitrogens with one attached hydrogen (secondary N) is 2. The molecule has 0 aromatic heterocycles. The van der Waals surface area contributed by atoms with Crippen LogP contribution in [0.4, 0.5) is 0 Å². The lowest BCUT2D eigenvalue weighted by atomic mass is 9.95. The zero-order valence-electron chi connectivity index (χ0n) is 13.4. The fraction of sp³-hybridized carbons (Fsp3) is 0.529. The van der Waals surface area contributed by atoms with Crippen LogP contribution in [0.5, 0.6) is 5.75 Å². The van der Waals surface area contributed by atoms with Crippen molar-refractivity contribution < 1.29 is 14.3 Å². The van der Waals surface area contributed by atoms with Crippen molar-refractivity contribution in [2.75, 3.05) is 13.2 Å². The quantitative estimate of drug-likeness (QED) is 0.837. The van der Waals surface area contributed by atoms with Crippen molar-refractivity contribution in [1.82, 2.24) is 10.6 Å². The normalized spacial score (nSPS) is 15.0. The smallest absolute Gasteiger partial charge is 0.258 e. The van der Waals surface area contributed by atoms with E-state index in [0.717, 1.165) is 31.2 Å². The molecule has 6 heteroatoms. The third kappa shape index (κ3) is 5.75. The Balaban J connectivity index is 1.68. The van der Waals surface area contributed by atoms with Crippen molar-refractivity contribution in [2.24, 2.45) is 0 Å². The minimum Gasteiger partial charge on any atom is -0.483 e. The van der Waals surface area contributed by atoms with Gasteiger partial charge < -0.3 is 15.4 Å². The number of carbonyl (C=O) groups is 2. The van der Waals surface area contributed by atoms with E-state index in [-0.39, 0.29) is 31.0 Å². The summed E-state index contributed by atoms with van der Waals surface area (Å²) in [6.45, 7) is 1.66. The van der Waals surface area contributed by atoms with Crippen LogP contribution < -0.4 is 15.4 Å². The standard InChI is InChI=1S/C17H23ClN2O3/c1-12-14(18)8-5-9-15(12)23-11-17(22)19-10-16(21)20-13-6-3-2-4-7-13/h5,8-9,13H,2-4,6-7,10-11H2,1H3,(H,19,22)(H,20,21). The first-order chi connectivity index (χ1) is 11.1. The first kappa shape index (κ1) is 17.6. The lowest BCUT2D eigenvalue weighted by molar-refractivity contribution is -0.127. The number of hydrogen-bond donors (Lipinski definition) is 2. The fourth-order valence-corrected chi connectivity index (χ4v) is 2.81. The summed E-state index contributed by atoms with van der Waals surface area (Å²) < 4.78 is 5.43. The Labute approximate surface area is 141 Å². The zero-order chi connectivity index (χ0) is 16.7. The van der Waals surface area contributed by atoms with Gasteiger partial charge in [-0.3, -0.25) is 9.59 Å². The van der Waals surface area contributed by atoms with E-state index < -0.39 is 0 Å². The van der Waals surface area contributed by atoms with Crippen LogP contribution in [0.25, 0.3) is 0 Å². The minimum atomic E-state index is -0.330. The summed E-state index contributed by atoms with van der Waals surface area (Å²) in [6.07, 6.45) is 5.60. The summed E-state index contributed by atoms with van der Waals surface area (Å²) in [4.78, 5) is 23.6. The van der Waals surface area contributed by atoms with E-state index >= 15 is 0 Å². The first-order valence-electron chi connectivity index (χ1n) is 8.00. The molecule has 1 aliphatic rings. The molecule has 1 aromatic carbocycles. The average Bonchev–Trinajstić information content (AvgIpc) is 2.55. The summed E-state index contributed by atoms with van der Waals surface area (Å²) in [6, 6.07) is 5.53. The molecule has 0 saturated heterocycles. The Morgan fingerprint density at radius 1 is 1.22 bits per heavy atom. The molecule has 1 aliphatic carbocycles. The van der Waals surface area contributed by atoms with Crippen LogP contribution in [0.3, 0.4) is 0 Å². The van der Waals surface area contributed by atoms with E-state index in [0.29, 0.717) is 10.8 Å². The Kier molecular flexibility index (Phi) is 6.71. The highest BCUT2D eigenvalue weighted by atomic mass is 35.5. The second-order valence-electron chi connectivity index (χ2n) is 5.83. The number of ether oxygens (including phenoxy) is 1. The summed E-state index contributed by atoms with van der Waals surface area (Å²) >= 11 is 5.99. The highest BCUT2D eigenvalue weighted by Crippen LogP contribution is 2.24. The molecule has 0 bridgehead atoms. The molecule has 5 nitrogen and oxygen atoms in total. The second-order valence-corrected chi connectivity index (χ2v) is 6.24. The van der Waals surface area contributed by atoms with Crippen LogP contribution in [0.1, 0.15) is 37.7 Å². The molecule has 2 amide bonds. The third-order valence-corrected chi connectivity index (χ3v) is 4.40. The predicted molar refractivity (Wildman–Crippen MR) is 89.7 cm³/mol. The van der Waals surface area contributed by atoms with E-state index in [2.05, 4.69) is 10.6 Å². The number of amides is 2. The molecule has 0 unspecified atom stereocenters. The van der Waals surface area contributed by atoms with Crippen LogP contribution in [-0.2, 0) is 9.59 Å². The Morgan fingerprint density at radius 3 is 2.70 bits per heavy atom. The summed E-state index contributed by atoms with van der Waals surface area (Å²) in [5, 5.41) is 6.11. The van der Waals surface area contributed by atoms with Gasteiger partial charge >= 0.3 is 0 Å². The number of rotatable bonds is 6. The number of benzene rings is 1. The monoisotopic (exact) mass is 338 g/mol. The molecular weight excluding hydrogens is 316 g/mol. The maximum atomic E-state index is 11.8. The van der Waals surface area contributed by atoms with Gasteiger partial charge in [0.25, 0.3) is 5.91 Å². The van der Waals surface area contributed by atoms with Gasteiger partial charge in [-0.25, -0.2) is 0 Å². The van der Waals surface area contributed by atoms with Gasteiger partial charge in [-0.05, 0) is 31.9 Å². The molecule has 1 aromatic rings. The minimum absolute atomic E-state index is 0.0206. The van der Waals surface area contributed by atoms with Crippen molar-refractivity contribution in [3.63, 3.8) is 0 Å². The zero-order valence-corrected chi connectivity index (χ0v) is 14.1. The van der Waals surface area contributed by atoms with E-state index in [1.165, 1.54) is 6.42 Å². The van der Waals surface area contributed by atoms with E-state index in [1.54, 1.807) is 18.2 Å². The van der Waals surface area contributed by atoms with E-state index in [9.17, 15) is 9.59 Å². The molecule has 126 valence electrons. The van der Waals surface area contributed by atoms with Crippen LogP contribution in [0.15, 0.2) is 18.2 Å². The molecular formula is C17H23ClN2O3. The Hall–Kier alpha value is -1.75. The predicted octanol–water partition coefficient (Wildman–Crippen LogP) is 2.59. The van der Waals surface area contributed by atoms with Gasteiger partial charge in [0, 0.05) is 16.6 Å². The topological polar surface area (TPSA) is 67.4 Å². The maximum Gasteiger partial charge on any atom is 0.258 e. The van der Waals surface area contributed by atoms with Gasteiger partial charge in [0.05, 0.1) is 6.54 Å². The fourth-order valence-electron chi connectivity index (χ4n) is 2.64. The lowest BCUT2D eigenvalue weighted by Crippen LogP contribution is -2.43. The Morgan fingerprint density at radius 2 is 1.96 bits per heavy atom. The van der Waals surface area contributed by atoms with Gasteiger partial charge in [-0.2, -0.15) is 0 Å². The molecule has 0 atom stereocenters. The summed E-state index contributed by atoms with van der Waals surface area (Å²) in [5.74, 6) is 0.0895. The van der Waals surface area contributed by atoms with Crippen molar-refractivity contribution in [1.29, 1.82) is 0 Å². The van der Waals surface area contributed by atoms with Crippen molar-refractivity contribution in [3.05, 3.63) is 28.8 Å². The van der Waals surface area contributed by atoms with Gasteiger partial charge in [0.15, 0.2) is 6.61 Å². The van der Waals surface area contributed by atoms with Crippen LogP contribution in [0.2, 0.25) is 5.02 Å². The lowest BCUT2D eigenvalue weighted by Gasteiger charge is -2.22. The molecule has 0 aliphatic heterocycles.